The molecule has 1 rings (SSSR count). The van der Waals surface area contributed by atoms with Gasteiger partial charge in [0.1, 0.15) is 5.82 Å². The number of nitrogens with one attached hydrogen (secondary N) is 1. The van der Waals surface area contributed by atoms with Gasteiger partial charge in [-0.05, 0) is 31.0 Å². The fourth-order valence-corrected chi connectivity index (χ4v) is 1.43. The molecule has 0 fully saturated rings. The zero-order valence-corrected chi connectivity index (χ0v) is 9.98. The number of hydrogen-bond donors (Lipinski definition) is 1. The Labute approximate surface area is 103 Å². The van der Waals surface area contributed by atoms with Gasteiger partial charge in [0.15, 0.2) is 0 Å². The zero-order valence-electron chi connectivity index (χ0n) is 9.98. The average molecular weight is 265 g/mol. The molecule has 6 heteroatoms. The van der Waals surface area contributed by atoms with Crippen molar-refractivity contribution < 1.29 is 22.3 Å². The number of unbranched alkanes of at least 4 members (excludes halogenated alkanes) is 1. The molecule has 0 aliphatic carbocycles. The van der Waals surface area contributed by atoms with Crippen LogP contribution in [0.3, 0.4) is 0 Å². The molecule has 0 bridgehead atoms. The van der Waals surface area contributed by atoms with E-state index in [0.717, 1.165) is 25.0 Å². The number of alkyl halides is 3. The molecule has 0 amide bonds. The van der Waals surface area contributed by atoms with E-state index in [1.807, 2.05) is 0 Å². The maximum absolute atomic E-state index is 13.4. The summed E-state index contributed by atoms with van der Waals surface area (Å²) in [6.07, 6.45) is -2.95. The van der Waals surface area contributed by atoms with Crippen molar-refractivity contribution in [1.29, 1.82) is 0 Å². The van der Waals surface area contributed by atoms with E-state index in [-0.39, 0.29) is 5.69 Å². The van der Waals surface area contributed by atoms with Crippen LogP contribution in [0.15, 0.2) is 18.2 Å². The molecule has 0 aliphatic heterocycles. The smallest absolute Gasteiger partial charge is 0.385 e. The van der Waals surface area contributed by atoms with Gasteiger partial charge in [-0.25, -0.2) is 4.39 Å². The van der Waals surface area contributed by atoms with E-state index in [0.29, 0.717) is 19.2 Å². The summed E-state index contributed by atoms with van der Waals surface area (Å²) in [5.41, 5.74) is -0.898. The van der Waals surface area contributed by atoms with E-state index >= 15 is 0 Å². The third-order valence-corrected chi connectivity index (χ3v) is 2.39. The molecule has 0 aromatic heterocycles. The first-order chi connectivity index (χ1) is 8.45. The Hall–Kier alpha value is -1.30. The fourth-order valence-electron chi connectivity index (χ4n) is 1.43. The second-order valence-corrected chi connectivity index (χ2v) is 3.82. The van der Waals surface area contributed by atoms with Crippen LogP contribution in [0.4, 0.5) is 23.2 Å². The molecular weight excluding hydrogens is 250 g/mol. The highest BCUT2D eigenvalue weighted by atomic mass is 19.4. The van der Waals surface area contributed by atoms with Crippen LogP contribution in [0.2, 0.25) is 0 Å². The van der Waals surface area contributed by atoms with Gasteiger partial charge in [0, 0.05) is 20.3 Å². The van der Waals surface area contributed by atoms with Crippen LogP contribution in [0.25, 0.3) is 0 Å². The first kappa shape index (κ1) is 14.8. The normalized spacial score (nSPS) is 11.6. The van der Waals surface area contributed by atoms with E-state index in [1.165, 1.54) is 0 Å². The number of rotatable bonds is 6. The van der Waals surface area contributed by atoms with Gasteiger partial charge >= 0.3 is 6.18 Å². The molecule has 0 atom stereocenters. The number of halogens is 4. The molecule has 18 heavy (non-hydrogen) atoms. The number of anilines is 1. The minimum Gasteiger partial charge on any atom is -0.385 e. The molecule has 102 valence electrons. The molecule has 0 aliphatic rings. The maximum atomic E-state index is 13.4. The van der Waals surface area contributed by atoms with Gasteiger partial charge in [0.05, 0.1) is 11.3 Å². The summed E-state index contributed by atoms with van der Waals surface area (Å²) in [5, 5.41) is 2.75. The second-order valence-electron chi connectivity index (χ2n) is 3.82. The molecule has 1 N–H and O–H groups in total. The van der Waals surface area contributed by atoms with Crippen molar-refractivity contribution in [2.45, 2.75) is 19.0 Å². The Bertz CT molecular complexity index is 379. The largest absolute Gasteiger partial charge is 0.416 e. The standard InChI is InChI=1S/C12H15F4NO/c1-18-7-3-2-6-17-11-5-4-9(8-10(11)13)12(14,15)16/h4-5,8,17H,2-3,6-7H2,1H3. The Morgan fingerprint density at radius 3 is 2.50 bits per heavy atom. The second kappa shape index (κ2) is 6.58. The van der Waals surface area contributed by atoms with Gasteiger partial charge in [-0.15, -0.1) is 0 Å². The predicted molar refractivity (Wildman–Crippen MR) is 61.0 cm³/mol. The predicted octanol–water partition coefficient (Wildman–Crippen LogP) is 3.68. The van der Waals surface area contributed by atoms with Gasteiger partial charge in [0.25, 0.3) is 0 Å². The summed E-state index contributed by atoms with van der Waals surface area (Å²) < 4.78 is 55.1. The number of methoxy groups -OCH3 is 1. The Morgan fingerprint density at radius 1 is 1.22 bits per heavy atom. The molecule has 0 unspecified atom stereocenters. The Morgan fingerprint density at radius 2 is 1.94 bits per heavy atom. The Balaban J connectivity index is 2.53. The van der Waals surface area contributed by atoms with Gasteiger partial charge in [0.2, 0.25) is 0 Å². The molecule has 0 saturated carbocycles. The van der Waals surface area contributed by atoms with E-state index in [1.54, 1.807) is 7.11 Å². The summed E-state index contributed by atoms with van der Waals surface area (Å²) in [5.74, 6) is -0.892. The quantitative estimate of drug-likeness (QED) is 0.625. The van der Waals surface area contributed by atoms with Crippen molar-refractivity contribution in [3.8, 4) is 0 Å². The summed E-state index contributed by atoms with van der Waals surface area (Å²) in [7, 11) is 1.59. The van der Waals surface area contributed by atoms with Crippen molar-refractivity contribution >= 4 is 5.69 Å². The van der Waals surface area contributed by atoms with E-state index in [4.69, 9.17) is 4.74 Å². The van der Waals surface area contributed by atoms with Crippen LogP contribution in [0, 0.1) is 5.82 Å². The van der Waals surface area contributed by atoms with Crippen molar-refractivity contribution in [1.82, 2.24) is 0 Å². The molecule has 0 heterocycles. The van der Waals surface area contributed by atoms with E-state index in [2.05, 4.69) is 5.32 Å². The highest BCUT2D eigenvalue weighted by Crippen LogP contribution is 2.31. The van der Waals surface area contributed by atoms with Crippen LogP contribution >= 0.6 is 0 Å². The third kappa shape index (κ3) is 4.52. The summed E-state index contributed by atoms with van der Waals surface area (Å²) in [4.78, 5) is 0. The summed E-state index contributed by atoms with van der Waals surface area (Å²) in [6, 6.07) is 2.46. The molecule has 0 saturated heterocycles. The molecule has 1 aromatic rings. The van der Waals surface area contributed by atoms with Crippen molar-refractivity contribution in [3.63, 3.8) is 0 Å². The average Bonchev–Trinajstić information content (AvgIpc) is 2.29. The van der Waals surface area contributed by atoms with E-state index in [9.17, 15) is 17.6 Å². The fraction of sp³-hybridized carbons (Fsp3) is 0.500. The van der Waals surface area contributed by atoms with Crippen molar-refractivity contribution in [3.05, 3.63) is 29.6 Å². The number of ether oxygens (including phenoxy) is 1. The topological polar surface area (TPSA) is 21.3 Å². The van der Waals surface area contributed by atoms with Gasteiger partial charge in [-0.1, -0.05) is 0 Å². The highest BCUT2D eigenvalue weighted by molar-refractivity contribution is 5.46. The maximum Gasteiger partial charge on any atom is 0.416 e. The van der Waals surface area contributed by atoms with Gasteiger partial charge in [-0.3, -0.25) is 0 Å². The summed E-state index contributed by atoms with van der Waals surface area (Å²) in [6.45, 7) is 1.10. The monoisotopic (exact) mass is 265 g/mol. The minimum atomic E-state index is -4.52. The van der Waals surface area contributed by atoms with Crippen LogP contribution in [-0.4, -0.2) is 20.3 Å². The lowest BCUT2D eigenvalue weighted by Crippen LogP contribution is -2.08. The van der Waals surface area contributed by atoms with Gasteiger partial charge in [-0.2, -0.15) is 13.2 Å². The number of benzene rings is 1. The van der Waals surface area contributed by atoms with Crippen molar-refractivity contribution in [2.24, 2.45) is 0 Å². The SMILES string of the molecule is COCCCCNc1ccc(C(F)(F)F)cc1F. The Kier molecular flexibility index (Phi) is 5.40. The lowest BCUT2D eigenvalue weighted by molar-refractivity contribution is -0.137. The first-order valence-corrected chi connectivity index (χ1v) is 5.54. The van der Waals surface area contributed by atoms with Crippen LogP contribution < -0.4 is 5.32 Å². The third-order valence-electron chi connectivity index (χ3n) is 2.39. The zero-order chi connectivity index (χ0) is 13.6. The molecule has 2 nitrogen and oxygen atoms in total. The van der Waals surface area contributed by atoms with Crippen LogP contribution in [0.1, 0.15) is 18.4 Å². The molecule has 0 radical (unpaired) electrons. The summed E-state index contributed by atoms with van der Waals surface area (Å²) >= 11 is 0. The lowest BCUT2D eigenvalue weighted by Gasteiger charge is -2.10. The lowest BCUT2D eigenvalue weighted by atomic mass is 10.2. The van der Waals surface area contributed by atoms with Crippen molar-refractivity contribution in [2.75, 3.05) is 25.6 Å². The molecular formula is C12H15F4NO. The molecule has 0 spiro atoms. The minimum absolute atomic E-state index is 0.0837. The molecule has 1 aromatic carbocycles. The first-order valence-electron chi connectivity index (χ1n) is 5.54. The van der Waals surface area contributed by atoms with Gasteiger partial charge < -0.3 is 10.1 Å². The number of hydrogen-bond acceptors (Lipinski definition) is 2. The van der Waals surface area contributed by atoms with E-state index < -0.39 is 17.6 Å². The van der Waals surface area contributed by atoms with Crippen LogP contribution in [0.5, 0.6) is 0 Å². The highest BCUT2D eigenvalue weighted by Gasteiger charge is 2.31. The van der Waals surface area contributed by atoms with Crippen LogP contribution in [-0.2, 0) is 10.9 Å².